The molecule has 0 bridgehead atoms. The van der Waals surface area contributed by atoms with Crippen molar-refractivity contribution in [2.45, 2.75) is 38.8 Å². The molecule has 0 aromatic heterocycles. The van der Waals surface area contributed by atoms with Crippen LogP contribution in [-0.4, -0.2) is 25.8 Å². The van der Waals surface area contributed by atoms with E-state index in [-0.39, 0.29) is 12.1 Å². The first kappa shape index (κ1) is 15.8. The van der Waals surface area contributed by atoms with E-state index in [0.717, 1.165) is 19.4 Å². The summed E-state index contributed by atoms with van der Waals surface area (Å²) in [6.07, 6.45) is 2.08. The molecular formula is C14H21Cl2NO. The molecule has 0 aliphatic rings. The minimum Gasteiger partial charge on any atom is -0.377 e. The van der Waals surface area contributed by atoms with Crippen molar-refractivity contribution in [2.75, 3.05) is 13.7 Å². The summed E-state index contributed by atoms with van der Waals surface area (Å²) in [6, 6.07) is 6.06. The zero-order valence-electron chi connectivity index (χ0n) is 11.2. The lowest BCUT2D eigenvalue weighted by Crippen LogP contribution is -2.40. The van der Waals surface area contributed by atoms with E-state index >= 15 is 0 Å². The van der Waals surface area contributed by atoms with Gasteiger partial charge in [0.25, 0.3) is 0 Å². The Bertz CT molecular complexity index is 371. The second-order valence-corrected chi connectivity index (χ2v) is 5.06. The smallest absolute Gasteiger partial charge is 0.0728 e. The number of rotatable bonds is 7. The summed E-state index contributed by atoms with van der Waals surface area (Å²) in [5.41, 5.74) is 1.17. The van der Waals surface area contributed by atoms with Crippen LogP contribution in [0.5, 0.6) is 0 Å². The number of hydrogen-bond acceptors (Lipinski definition) is 2. The molecule has 2 unspecified atom stereocenters. The quantitative estimate of drug-likeness (QED) is 0.821. The highest BCUT2D eigenvalue weighted by atomic mass is 35.5. The van der Waals surface area contributed by atoms with Crippen LogP contribution >= 0.6 is 23.2 Å². The van der Waals surface area contributed by atoms with Crippen molar-refractivity contribution < 1.29 is 4.74 Å². The molecule has 0 saturated heterocycles. The number of halogens is 2. The molecule has 1 N–H and O–H groups in total. The molecule has 0 amide bonds. The molecule has 1 rings (SSSR count). The molecule has 0 radical (unpaired) electrons. The summed E-state index contributed by atoms with van der Waals surface area (Å²) in [4.78, 5) is 0. The summed E-state index contributed by atoms with van der Waals surface area (Å²) in [6.45, 7) is 4.89. The van der Waals surface area contributed by atoms with Crippen molar-refractivity contribution in [2.24, 2.45) is 0 Å². The maximum absolute atomic E-state index is 6.03. The third-order valence-electron chi connectivity index (χ3n) is 3.04. The maximum atomic E-state index is 6.03. The van der Waals surface area contributed by atoms with Crippen LogP contribution in [0, 0.1) is 0 Å². The highest BCUT2D eigenvalue weighted by molar-refractivity contribution is 6.42. The summed E-state index contributed by atoms with van der Waals surface area (Å²) in [5, 5.41) is 4.52. The molecule has 18 heavy (non-hydrogen) atoms. The summed E-state index contributed by atoms with van der Waals surface area (Å²) >= 11 is 11.9. The van der Waals surface area contributed by atoms with Gasteiger partial charge < -0.3 is 10.1 Å². The van der Waals surface area contributed by atoms with Crippen LogP contribution in [0.2, 0.25) is 10.0 Å². The highest BCUT2D eigenvalue weighted by Gasteiger charge is 2.19. The van der Waals surface area contributed by atoms with E-state index in [1.165, 1.54) is 5.56 Å². The van der Waals surface area contributed by atoms with E-state index in [4.69, 9.17) is 27.9 Å². The fraction of sp³-hybridized carbons (Fsp3) is 0.571. The monoisotopic (exact) mass is 289 g/mol. The lowest BCUT2D eigenvalue weighted by molar-refractivity contribution is 0.0339. The maximum Gasteiger partial charge on any atom is 0.0728 e. The standard InChI is InChI=1S/C14H21Cl2NO/c1-4-14(18-5-2)13(17-3)9-10-6-7-11(15)12(16)8-10/h6-8,13-14,17H,4-5,9H2,1-3H3. The first-order valence-corrected chi connectivity index (χ1v) is 7.10. The summed E-state index contributed by atoms with van der Waals surface area (Å²) < 4.78 is 5.75. The molecule has 0 spiro atoms. The Hall–Kier alpha value is -0.280. The highest BCUT2D eigenvalue weighted by Crippen LogP contribution is 2.23. The first-order valence-electron chi connectivity index (χ1n) is 6.35. The summed E-state index contributed by atoms with van der Waals surface area (Å²) in [7, 11) is 1.96. The van der Waals surface area contributed by atoms with Gasteiger partial charge in [0.05, 0.1) is 16.1 Å². The Morgan fingerprint density at radius 2 is 1.94 bits per heavy atom. The Labute approximate surface area is 120 Å². The number of benzene rings is 1. The third kappa shape index (κ3) is 4.43. The van der Waals surface area contributed by atoms with Crippen LogP contribution in [-0.2, 0) is 11.2 Å². The number of hydrogen-bond donors (Lipinski definition) is 1. The number of nitrogens with one attached hydrogen (secondary N) is 1. The summed E-state index contributed by atoms with van der Waals surface area (Å²) in [5.74, 6) is 0. The molecule has 2 atom stereocenters. The van der Waals surface area contributed by atoms with Gasteiger partial charge in [-0.1, -0.05) is 36.2 Å². The number of ether oxygens (including phenoxy) is 1. The second-order valence-electron chi connectivity index (χ2n) is 4.25. The van der Waals surface area contributed by atoms with Crippen molar-refractivity contribution in [3.63, 3.8) is 0 Å². The van der Waals surface area contributed by atoms with Gasteiger partial charge in [-0.05, 0) is 44.5 Å². The topological polar surface area (TPSA) is 21.3 Å². The van der Waals surface area contributed by atoms with E-state index in [9.17, 15) is 0 Å². The van der Waals surface area contributed by atoms with E-state index in [1.807, 2.05) is 32.2 Å². The van der Waals surface area contributed by atoms with Gasteiger partial charge in [0.1, 0.15) is 0 Å². The molecule has 4 heteroatoms. The second kappa shape index (κ2) is 8.00. The van der Waals surface area contributed by atoms with Crippen molar-refractivity contribution in [3.05, 3.63) is 33.8 Å². The van der Waals surface area contributed by atoms with Crippen LogP contribution in [0.25, 0.3) is 0 Å². The van der Waals surface area contributed by atoms with Gasteiger partial charge in [0.2, 0.25) is 0 Å². The van der Waals surface area contributed by atoms with Gasteiger partial charge in [-0.25, -0.2) is 0 Å². The molecule has 0 fully saturated rings. The van der Waals surface area contributed by atoms with E-state index in [0.29, 0.717) is 10.0 Å². The predicted octanol–water partition coefficient (Wildman–Crippen LogP) is 3.94. The van der Waals surface area contributed by atoms with Gasteiger partial charge in [-0.15, -0.1) is 0 Å². The van der Waals surface area contributed by atoms with Gasteiger partial charge in [-0.2, -0.15) is 0 Å². The fourth-order valence-corrected chi connectivity index (χ4v) is 2.39. The molecular weight excluding hydrogens is 269 g/mol. The zero-order valence-corrected chi connectivity index (χ0v) is 12.7. The van der Waals surface area contributed by atoms with E-state index < -0.39 is 0 Å². The van der Waals surface area contributed by atoms with E-state index in [1.54, 1.807) is 0 Å². The van der Waals surface area contributed by atoms with Crippen LogP contribution in [0.4, 0.5) is 0 Å². The van der Waals surface area contributed by atoms with Crippen molar-refractivity contribution >= 4 is 23.2 Å². The Morgan fingerprint density at radius 3 is 2.44 bits per heavy atom. The van der Waals surface area contributed by atoms with Gasteiger partial charge >= 0.3 is 0 Å². The van der Waals surface area contributed by atoms with Crippen molar-refractivity contribution in [1.29, 1.82) is 0 Å². The molecule has 2 nitrogen and oxygen atoms in total. The van der Waals surface area contributed by atoms with Gasteiger partial charge in [0.15, 0.2) is 0 Å². The lowest BCUT2D eigenvalue weighted by atomic mass is 10.00. The number of likely N-dealkylation sites (N-methyl/N-ethyl adjacent to an activating group) is 1. The Morgan fingerprint density at radius 1 is 1.22 bits per heavy atom. The van der Waals surface area contributed by atoms with Crippen LogP contribution < -0.4 is 5.32 Å². The van der Waals surface area contributed by atoms with E-state index in [2.05, 4.69) is 12.2 Å². The first-order chi connectivity index (χ1) is 8.62. The Kier molecular flexibility index (Phi) is 7.02. The normalized spacial score (nSPS) is 14.5. The van der Waals surface area contributed by atoms with Gasteiger partial charge in [-0.3, -0.25) is 0 Å². The molecule has 0 saturated carbocycles. The molecule has 102 valence electrons. The average molecular weight is 290 g/mol. The van der Waals surface area contributed by atoms with Crippen molar-refractivity contribution in [3.8, 4) is 0 Å². The Balaban J connectivity index is 2.74. The minimum atomic E-state index is 0.217. The van der Waals surface area contributed by atoms with Crippen LogP contribution in [0.15, 0.2) is 18.2 Å². The average Bonchev–Trinajstić information content (AvgIpc) is 2.37. The lowest BCUT2D eigenvalue weighted by Gasteiger charge is -2.26. The predicted molar refractivity (Wildman–Crippen MR) is 78.7 cm³/mol. The van der Waals surface area contributed by atoms with Crippen LogP contribution in [0.1, 0.15) is 25.8 Å². The fourth-order valence-electron chi connectivity index (χ4n) is 2.07. The minimum absolute atomic E-state index is 0.217. The molecule has 0 aliphatic heterocycles. The molecule has 0 aliphatic carbocycles. The third-order valence-corrected chi connectivity index (χ3v) is 3.78. The molecule has 0 heterocycles. The zero-order chi connectivity index (χ0) is 13.5. The SMILES string of the molecule is CCOC(CC)C(Cc1ccc(Cl)c(Cl)c1)NC. The molecule has 1 aromatic carbocycles. The largest absolute Gasteiger partial charge is 0.377 e. The van der Waals surface area contributed by atoms with Gasteiger partial charge in [0, 0.05) is 12.6 Å². The molecule has 1 aromatic rings. The van der Waals surface area contributed by atoms with Crippen LogP contribution in [0.3, 0.4) is 0 Å². The van der Waals surface area contributed by atoms with Crippen molar-refractivity contribution in [1.82, 2.24) is 5.32 Å².